The number of thiophene rings is 2. The van der Waals surface area contributed by atoms with Gasteiger partial charge >= 0.3 is 5.97 Å². The number of hydrogen-bond donors (Lipinski definition) is 0. The SMILES string of the molecule is CCOC(=O)CN(C)C(=O)c1cc2sccc2s1. The zero-order valence-electron chi connectivity index (χ0n) is 10.1. The second-order valence-corrected chi connectivity index (χ2v) is 5.76. The molecular formula is C12H13NO3S2. The molecule has 0 aliphatic heterocycles. The monoisotopic (exact) mass is 283 g/mol. The van der Waals surface area contributed by atoms with Gasteiger partial charge in [0.1, 0.15) is 6.54 Å². The molecule has 2 rings (SSSR count). The molecule has 0 aliphatic carbocycles. The topological polar surface area (TPSA) is 46.6 Å². The lowest BCUT2D eigenvalue weighted by Crippen LogP contribution is -2.32. The lowest BCUT2D eigenvalue weighted by molar-refractivity contribution is -0.143. The van der Waals surface area contributed by atoms with Crippen LogP contribution < -0.4 is 0 Å². The maximum atomic E-state index is 12.1. The van der Waals surface area contributed by atoms with Crippen molar-refractivity contribution in [2.45, 2.75) is 6.92 Å². The van der Waals surface area contributed by atoms with Gasteiger partial charge < -0.3 is 9.64 Å². The van der Waals surface area contributed by atoms with Crippen LogP contribution in [0.2, 0.25) is 0 Å². The van der Waals surface area contributed by atoms with Gasteiger partial charge in [0.15, 0.2) is 0 Å². The van der Waals surface area contributed by atoms with Crippen molar-refractivity contribution in [3.05, 3.63) is 22.4 Å². The number of esters is 1. The molecule has 6 heteroatoms. The van der Waals surface area contributed by atoms with Gasteiger partial charge in [-0.15, -0.1) is 22.7 Å². The first kappa shape index (κ1) is 13.0. The largest absolute Gasteiger partial charge is 0.465 e. The summed E-state index contributed by atoms with van der Waals surface area (Å²) in [6.45, 7) is 2.06. The molecule has 0 aromatic carbocycles. The van der Waals surface area contributed by atoms with E-state index < -0.39 is 0 Å². The molecule has 0 fully saturated rings. The average Bonchev–Trinajstić information content (AvgIpc) is 2.87. The van der Waals surface area contributed by atoms with Gasteiger partial charge in [0.25, 0.3) is 5.91 Å². The molecule has 0 saturated heterocycles. The van der Waals surface area contributed by atoms with E-state index in [1.165, 1.54) is 16.2 Å². The third kappa shape index (κ3) is 2.70. The van der Waals surface area contributed by atoms with Crippen LogP contribution in [0.3, 0.4) is 0 Å². The van der Waals surface area contributed by atoms with Crippen molar-refractivity contribution in [3.63, 3.8) is 0 Å². The van der Waals surface area contributed by atoms with Crippen LogP contribution in [0.1, 0.15) is 16.6 Å². The van der Waals surface area contributed by atoms with Crippen LogP contribution in [-0.4, -0.2) is 37.0 Å². The summed E-state index contributed by atoms with van der Waals surface area (Å²) in [5, 5.41) is 2.00. The van der Waals surface area contributed by atoms with E-state index in [0.717, 1.165) is 9.40 Å². The molecule has 0 bridgehead atoms. The Balaban J connectivity index is 2.06. The first-order valence-electron chi connectivity index (χ1n) is 5.50. The molecule has 0 aliphatic rings. The number of likely N-dealkylation sites (N-methyl/N-ethyl adjacent to an activating group) is 1. The summed E-state index contributed by atoms with van der Waals surface area (Å²) in [5.41, 5.74) is 0. The van der Waals surface area contributed by atoms with Crippen molar-refractivity contribution in [1.29, 1.82) is 0 Å². The summed E-state index contributed by atoms with van der Waals surface area (Å²) >= 11 is 3.06. The Morgan fingerprint density at radius 2 is 2.17 bits per heavy atom. The maximum Gasteiger partial charge on any atom is 0.325 e. The van der Waals surface area contributed by atoms with Gasteiger partial charge in [-0.25, -0.2) is 0 Å². The Labute approximate surface area is 113 Å². The number of carbonyl (C=O) groups excluding carboxylic acids is 2. The van der Waals surface area contributed by atoms with Gasteiger partial charge in [0, 0.05) is 16.4 Å². The summed E-state index contributed by atoms with van der Waals surface area (Å²) in [4.78, 5) is 25.4. The average molecular weight is 283 g/mol. The van der Waals surface area contributed by atoms with Gasteiger partial charge in [0.05, 0.1) is 11.5 Å². The van der Waals surface area contributed by atoms with Crippen LogP contribution >= 0.6 is 22.7 Å². The standard InChI is InChI=1S/C12H13NO3S2/c1-3-16-11(14)7-13(2)12(15)10-6-9-8(18-10)4-5-17-9/h4-6H,3,7H2,1-2H3. The van der Waals surface area contributed by atoms with Crippen molar-refractivity contribution < 1.29 is 14.3 Å². The molecule has 0 spiro atoms. The first-order valence-corrected chi connectivity index (χ1v) is 7.19. The van der Waals surface area contributed by atoms with E-state index in [0.29, 0.717) is 11.5 Å². The fourth-order valence-electron chi connectivity index (χ4n) is 1.53. The highest BCUT2D eigenvalue weighted by Crippen LogP contribution is 2.30. The highest BCUT2D eigenvalue weighted by atomic mass is 32.1. The Morgan fingerprint density at radius 3 is 2.83 bits per heavy atom. The van der Waals surface area contributed by atoms with Crippen LogP contribution in [0.25, 0.3) is 9.40 Å². The van der Waals surface area contributed by atoms with Crippen LogP contribution in [-0.2, 0) is 9.53 Å². The minimum absolute atomic E-state index is 0.0157. The van der Waals surface area contributed by atoms with Gasteiger partial charge in [-0.1, -0.05) is 0 Å². The molecule has 4 nitrogen and oxygen atoms in total. The molecule has 2 aromatic heterocycles. The van der Waals surface area contributed by atoms with Crippen LogP contribution in [0.5, 0.6) is 0 Å². The second kappa shape index (κ2) is 5.49. The van der Waals surface area contributed by atoms with Gasteiger partial charge in [-0.05, 0) is 24.4 Å². The smallest absolute Gasteiger partial charge is 0.325 e. The number of fused-ring (bicyclic) bond motifs is 1. The molecule has 18 heavy (non-hydrogen) atoms. The number of nitrogens with zero attached hydrogens (tertiary/aromatic N) is 1. The molecule has 2 heterocycles. The lowest BCUT2D eigenvalue weighted by atomic mass is 10.4. The summed E-state index contributed by atoms with van der Waals surface area (Å²) in [5.74, 6) is -0.525. The Kier molecular flexibility index (Phi) is 3.98. The Bertz CT molecular complexity index is 544. The number of amides is 1. The van der Waals surface area contributed by atoms with Gasteiger partial charge in [-0.3, -0.25) is 9.59 Å². The normalized spacial score (nSPS) is 10.6. The second-order valence-electron chi connectivity index (χ2n) is 3.73. The fraction of sp³-hybridized carbons (Fsp3) is 0.333. The molecular weight excluding hydrogens is 270 g/mol. The van der Waals surface area contributed by atoms with E-state index in [-0.39, 0.29) is 18.4 Å². The van der Waals surface area contributed by atoms with E-state index in [2.05, 4.69) is 0 Å². The van der Waals surface area contributed by atoms with Crippen LogP contribution in [0.15, 0.2) is 17.5 Å². The Hall–Kier alpha value is -1.40. The zero-order chi connectivity index (χ0) is 13.1. The molecule has 0 atom stereocenters. The summed E-state index contributed by atoms with van der Waals surface area (Å²) in [6, 6.07) is 3.86. The minimum Gasteiger partial charge on any atom is -0.465 e. The van der Waals surface area contributed by atoms with E-state index >= 15 is 0 Å². The van der Waals surface area contributed by atoms with Crippen molar-refractivity contribution in [1.82, 2.24) is 4.90 Å². The molecule has 0 N–H and O–H groups in total. The van der Waals surface area contributed by atoms with E-state index in [1.54, 1.807) is 25.3 Å². The van der Waals surface area contributed by atoms with Crippen molar-refractivity contribution >= 4 is 43.9 Å². The molecule has 2 aromatic rings. The predicted molar refractivity (Wildman–Crippen MR) is 73.3 cm³/mol. The number of hydrogen-bond acceptors (Lipinski definition) is 5. The minimum atomic E-state index is -0.383. The van der Waals surface area contributed by atoms with Crippen molar-refractivity contribution in [2.75, 3.05) is 20.2 Å². The van der Waals surface area contributed by atoms with Crippen molar-refractivity contribution in [3.8, 4) is 0 Å². The molecule has 0 saturated carbocycles. The number of rotatable bonds is 4. The summed E-state index contributed by atoms with van der Waals surface area (Å²) in [7, 11) is 1.60. The number of carbonyl (C=O) groups is 2. The molecule has 0 radical (unpaired) electrons. The van der Waals surface area contributed by atoms with Crippen LogP contribution in [0.4, 0.5) is 0 Å². The third-order valence-electron chi connectivity index (χ3n) is 2.37. The quantitative estimate of drug-likeness (QED) is 0.810. The molecule has 96 valence electrons. The van der Waals surface area contributed by atoms with Crippen LogP contribution in [0, 0.1) is 0 Å². The molecule has 1 amide bonds. The van der Waals surface area contributed by atoms with Gasteiger partial charge in [-0.2, -0.15) is 0 Å². The highest BCUT2D eigenvalue weighted by molar-refractivity contribution is 7.27. The lowest BCUT2D eigenvalue weighted by Gasteiger charge is -2.14. The highest BCUT2D eigenvalue weighted by Gasteiger charge is 2.18. The van der Waals surface area contributed by atoms with E-state index in [4.69, 9.17) is 4.74 Å². The van der Waals surface area contributed by atoms with Gasteiger partial charge in [0.2, 0.25) is 0 Å². The maximum absolute atomic E-state index is 12.1. The summed E-state index contributed by atoms with van der Waals surface area (Å²) < 4.78 is 7.02. The zero-order valence-corrected chi connectivity index (χ0v) is 11.8. The first-order chi connectivity index (χ1) is 8.61. The summed E-state index contributed by atoms with van der Waals surface area (Å²) in [6.07, 6.45) is 0. The predicted octanol–water partition coefficient (Wildman–Crippen LogP) is 2.60. The molecule has 0 unspecified atom stereocenters. The number of ether oxygens (including phenoxy) is 1. The fourth-order valence-corrected chi connectivity index (χ4v) is 3.63. The third-order valence-corrected chi connectivity index (χ3v) is 4.45. The van der Waals surface area contributed by atoms with Crippen molar-refractivity contribution in [2.24, 2.45) is 0 Å². The van der Waals surface area contributed by atoms with E-state index in [1.807, 2.05) is 17.5 Å². The Morgan fingerprint density at radius 1 is 1.39 bits per heavy atom. The van der Waals surface area contributed by atoms with E-state index in [9.17, 15) is 9.59 Å².